The zero-order valence-corrected chi connectivity index (χ0v) is 15.0. The monoisotopic (exact) mass is 349 g/mol. The Hall–Kier alpha value is -2.66. The molecule has 5 heteroatoms. The van der Waals surface area contributed by atoms with Gasteiger partial charge in [0.25, 0.3) is 0 Å². The molecule has 0 amide bonds. The topological polar surface area (TPSA) is 51.4 Å². The molecule has 1 atom stereocenters. The molecule has 1 fully saturated rings. The van der Waals surface area contributed by atoms with E-state index in [1.54, 1.807) is 7.11 Å². The third kappa shape index (κ3) is 3.94. The van der Waals surface area contributed by atoms with E-state index in [-0.39, 0.29) is 0 Å². The Morgan fingerprint density at radius 1 is 1.19 bits per heavy atom. The van der Waals surface area contributed by atoms with Crippen molar-refractivity contribution in [2.24, 2.45) is 0 Å². The van der Waals surface area contributed by atoms with E-state index in [4.69, 9.17) is 9.15 Å². The van der Waals surface area contributed by atoms with Gasteiger partial charge in [0.05, 0.1) is 13.3 Å². The number of methoxy groups -OCH3 is 1. The molecule has 1 aliphatic rings. The van der Waals surface area contributed by atoms with Crippen LogP contribution in [0.5, 0.6) is 5.75 Å². The molecule has 0 bridgehead atoms. The maximum absolute atomic E-state index is 6.05. The first-order valence-corrected chi connectivity index (χ1v) is 8.99. The molecule has 0 radical (unpaired) electrons. The van der Waals surface area contributed by atoms with E-state index >= 15 is 0 Å². The van der Waals surface area contributed by atoms with E-state index in [9.17, 15) is 0 Å². The number of oxazole rings is 1. The van der Waals surface area contributed by atoms with Crippen molar-refractivity contribution < 1.29 is 9.15 Å². The fourth-order valence-electron chi connectivity index (χ4n) is 3.50. The second-order valence-electron chi connectivity index (χ2n) is 6.78. The fraction of sp³-hybridized carbons (Fsp3) is 0.333. The highest BCUT2D eigenvalue weighted by atomic mass is 16.5. The van der Waals surface area contributed by atoms with Crippen molar-refractivity contribution in [1.29, 1.82) is 0 Å². The Bertz CT molecular complexity index is 847. The fourth-order valence-corrected chi connectivity index (χ4v) is 3.50. The minimum Gasteiger partial charge on any atom is -0.497 e. The summed E-state index contributed by atoms with van der Waals surface area (Å²) in [7, 11) is 1.68. The van der Waals surface area contributed by atoms with Crippen LogP contribution >= 0.6 is 0 Å². The second kappa shape index (κ2) is 7.70. The summed E-state index contributed by atoms with van der Waals surface area (Å²) in [5.74, 6) is 2.99. The van der Waals surface area contributed by atoms with Gasteiger partial charge in [-0.2, -0.15) is 0 Å². The van der Waals surface area contributed by atoms with Gasteiger partial charge in [0.1, 0.15) is 11.5 Å². The van der Waals surface area contributed by atoms with E-state index in [2.05, 4.69) is 27.0 Å². The summed E-state index contributed by atoms with van der Waals surface area (Å²) in [6.07, 6.45) is 7.42. The van der Waals surface area contributed by atoms with Gasteiger partial charge < -0.3 is 9.15 Å². The molecule has 3 heterocycles. The molecule has 5 nitrogen and oxygen atoms in total. The van der Waals surface area contributed by atoms with Crippen LogP contribution in [0, 0.1) is 0 Å². The zero-order valence-electron chi connectivity index (χ0n) is 15.0. The molecule has 0 aliphatic carbocycles. The quantitative estimate of drug-likeness (QED) is 0.680. The van der Waals surface area contributed by atoms with Gasteiger partial charge in [-0.15, -0.1) is 0 Å². The molecule has 0 saturated carbocycles. The lowest BCUT2D eigenvalue weighted by Gasteiger charge is -2.14. The highest BCUT2D eigenvalue weighted by Gasteiger charge is 2.27. The number of ether oxygens (including phenoxy) is 1. The van der Waals surface area contributed by atoms with Crippen LogP contribution in [-0.2, 0) is 13.0 Å². The van der Waals surface area contributed by atoms with E-state index in [0.29, 0.717) is 5.92 Å². The van der Waals surface area contributed by atoms with Gasteiger partial charge in [-0.05, 0) is 42.3 Å². The molecule has 1 aromatic carbocycles. The molecule has 134 valence electrons. The zero-order chi connectivity index (χ0) is 17.8. The summed E-state index contributed by atoms with van der Waals surface area (Å²) < 4.78 is 11.3. The van der Waals surface area contributed by atoms with Crippen molar-refractivity contribution in [3.8, 4) is 5.75 Å². The molecule has 4 rings (SSSR count). The first-order valence-electron chi connectivity index (χ1n) is 8.99. The molecule has 2 aromatic heterocycles. The Balaban J connectivity index is 1.37. The number of hydrogen-bond donors (Lipinski definition) is 0. The van der Waals surface area contributed by atoms with E-state index < -0.39 is 0 Å². The standard InChI is InChI=1S/C21H23N3O2/c1-25-19-6-2-4-16(10-19)11-20-13-23-21(26-20)18-7-9-24(15-18)14-17-5-3-8-22-12-17/h2-6,8,10,12-13,18H,7,9,11,14-15H2,1H3. The number of hydrogen-bond acceptors (Lipinski definition) is 5. The number of rotatable bonds is 6. The average Bonchev–Trinajstić information content (AvgIpc) is 3.32. The Labute approximate surface area is 153 Å². The van der Waals surface area contributed by atoms with Crippen LogP contribution in [0.1, 0.15) is 35.1 Å². The minimum absolute atomic E-state index is 0.366. The van der Waals surface area contributed by atoms with Crippen LogP contribution < -0.4 is 4.74 Å². The number of benzene rings is 1. The summed E-state index contributed by atoms with van der Waals surface area (Å²) >= 11 is 0. The molecule has 3 aromatic rings. The molecule has 26 heavy (non-hydrogen) atoms. The van der Waals surface area contributed by atoms with Crippen LogP contribution in [0.2, 0.25) is 0 Å². The summed E-state index contributed by atoms with van der Waals surface area (Å²) in [6.45, 7) is 2.98. The molecule has 0 spiro atoms. The van der Waals surface area contributed by atoms with Crippen molar-refractivity contribution >= 4 is 0 Å². The third-order valence-corrected chi connectivity index (χ3v) is 4.83. The maximum Gasteiger partial charge on any atom is 0.198 e. The molecular formula is C21H23N3O2. The smallest absolute Gasteiger partial charge is 0.198 e. The van der Waals surface area contributed by atoms with Gasteiger partial charge in [-0.1, -0.05) is 18.2 Å². The van der Waals surface area contributed by atoms with Gasteiger partial charge in [-0.25, -0.2) is 4.98 Å². The highest BCUT2D eigenvalue weighted by molar-refractivity contribution is 5.30. The number of likely N-dealkylation sites (tertiary alicyclic amines) is 1. The van der Waals surface area contributed by atoms with Gasteiger partial charge in [0, 0.05) is 37.8 Å². The van der Waals surface area contributed by atoms with E-state index in [1.807, 2.05) is 42.9 Å². The van der Waals surface area contributed by atoms with Gasteiger partial charge >= 0.3 is 0 Å². The first-order chi connectivity index (χ1) is 12.8. The maximum atomic E-state index is 6.05. The van der Waals surface area contributed by atoms with Gasteiger partial charge in [0.2, 0.25) is 0 Å². The van der Waals surface area contributed by atoms with Crippen LogP contribution in [0.25, 0.3) is 0 Å². The van der Waals surface area contributed by atoms with E-state index in [1.165, 1.54) is 5.56 Å². The van der Waals surface area contributed by atoms with Crippen molar-refractivity contribution in [3.05, 3.63) is 77.8 Å². The lowest BCUT2D eigenvalue weighted by Crippen LogP contribution is -2.19. The summed E-state index contributed by atoms with van der Waals surface area (Å²) in [5, 5.41) is 0. The first kappa shape index (κ1) is 16.8. The molecular weight excluding hydrogens is 326 g/mol. The largest absolute Gasteiger partial charge is 0.497 e. The van der Waals surface area contributed by atoms with Crippen molar-refractivity contribution in [2.45, 2.75) is 25.3 Å². The molecule has 1 unspecified atom stereocenters. The van der Waals surface area contributed by atoms with Gasteiger partial charge in [0.15, 0.2) is 5.89 Å². The van der Waals surface area contributed by atoms with E-state index in [0.717, 1.165) is 55.4 Å². The second-order valence-corrected chi connectivity index (χ2v) is 6.78. The van der Waals surface area contributed by atoms with Crippen molar-refractivity contribution in [1.82, 2.24) is 14.9 Å². The lowest BCUT2D eigenvalue weighted by molar-refractivity contribution is 0.318. The normalized spacial score (nSPS) is 17.5. The van der Waals surface area contributed by atoms with Crippen molar-refractivity contribution in [3.63, 3.8) is 0 Å². The highest BCUT2D eigenvalue weighted by Crippen LogP contribution is 2.28. The van der Waals surface area contributed by atoms with Crippen LogP contribution in [0.3, 0.4) is 0 Å². The van der Waals surface area contributed by atoms with Gasteiger partial charge in [-0.3, -0.25) is 9.88 Å². The number of aromatic nitrogens is 2. The Kier molecular flexibility index (Phi) is 4.97. The van der Waals surface area contributed by atoms with Crippen LogP contribution in [-0.4, -0.2) is 35.1 Å². The summed E-state index contributed by atoms with van der Waals surface area (Å²) in [6, 6.07) is 12.2. The SMILES string of the molecule is COc1cccc(Cc2cnc(C3CCN(Cc4cccnc4)C3)o2)c1. The van der Waals surface area contributed by atoms with Crippen molar-refractivity contribution in [2.75, 3.05) is 20.2 Å². The molecule has 1 aliphatic heterocycles. The molecule has 0 N–H and O–H groups in total. The molecule has 1 saturated heterocycles. The third-order valence-electron chi connectivity index (χ3n) is 4.83. The predicted octanol–water partition coefficient (Wildman–Crippen LogP) is 3.66. The van der Waals surface area contributed by atoms with Crippen LogP contribution in [0.15, 0.2) is 59.4 Å². The Morgan fingerprint density at radius 3 is 2.96 bits per heavy atom. The average molecular weight is 349 g/mol. The number of nitrogens with zero attached hydrogens (tertiary/aromatic N) is 3. The summed E-state index contributed by atoms with van der Waals surface area (Å²) in [4.78, 5) is 11.2. The summed E-state index contributed by atoms with van der Waals surface area (Å²) in [5.41, 5.74) is 2.41. The minimum atomic E-state index is 0.366. The Morgan fingerprint density at radius 2 is 2.12 bits per heavy atom. The predicted molar refractivity (Wildman–Crippen MR) is 99.2 cm³/mol. The lowest BCUT2D eigenvalue weighted by atomic mass is 10.1. The van der Waals surface area contributed by atoms with Crippen LogP contribution in [0.4, 0.5) is 0 Å². The number of pyridine rings is 1.